The summed E-state index contributed by atoms with van der Waals surface area (Å²) in [4.78, 5) is 11.8. The fourth-order valence-corrected chi connectivity index (χ4v) is 1.72. The zero-order valence-corrected chi connectivity index (χ0v) is 10.9. The van der Waals surface area contributed by atoms with Gasteiger partial charge in [0.2, 0.25) is 0 Å². The summed E-state index contributed by atoms with van der Waals surface area (Å²) in [7, 11) is 3.36. The van der Waals surface area contributed by atoms with Crippen molar-refractivity contribution in [2.75, 3.05) is 27.3 Å². The van der Waals surface area contributed by atoms with Gasteiger partial charge in [-0.05, 0) is 44.0 Å². The van der Waals surface area contributed by atoms with Crippen molar-refractivity contribution in [3.8, 4) is 11.5 Å². The molecule has 1 aromatic rings. The van der Waals surface area contributed by atoms with E-state index in [0.717, 1.165) is 0 Å². The first-order valence-electron chi connectivity index (χ1n) is 6.23. The molecule has 0 spiro atoms. The van der Waals surface area contributed by atoms with Gasteiger partial charge in [-0.2, -0.15) is 0 Å². The molecule has 0 saturated heterocycles. The molecule has 0 unspecified atom stereocenters. The van der Waals surface area contributed by atoms with Gasteiger partial charge in [-0.15, -0.1) is 0 Å². The van der Waals surface area contributed by atoms with Gasteiger partial charge in [-0.1, -0.05) is 0 Å². The molecule has 0 bridgehead atoms. The second kappa shape index (κ2) is 5.87. The molecule has 4 heteroatoms. The summed E-state index contributed by atoms with van der Waals surface area (Å²) in [5, 5.41) is 2.85. The van der Waals surface area contributed by atoms with E-state index in [9.17, 15) is 4.79 Å². The average molecular weight is 249 g/mol. The molecule has 0 aromatic heterocycles. The second-order valence-electron chi connectivity index (χ2n) is 4.57. The predicted molar refractivity (Wildman–Crippen MR) is 69.5 cm³/mol. The number of ether oxygens (including phenoxy) is 2. The molecular formula is C14H19NO3. The number of Topliss-reactive ketones (excluding diaryl/α,β-unsaturated/α-hetero) is 1. The molecule has 0 aliphatic heterocycles. The molecule has 1 aliphatic carbocycles. The van der Waals surface area contributed by atoms with Crippen molar-refractivity contribution in [2.45, 2.75) is 12.8 Å². The maximum absolute atomic E-state index is 11.8. The second-order valence-corrected chi connectivity index (χ2v) is 4.57. The topological polar surface area (TPSA) is 47.6 Å². The molecule has 98 valence electrons. The lowest BCUT2D eigenvalue weighted by Crippen LogP contribution is -2.18. The molecule has 18 heavy (non-hydrogen) atoms. The van der Waals surface area contributed by atoms with E-state index in [2.05, 4.69) is 5.32 Å². The van der Waals surface area contributed by atoms with Gasteiger partial charge in [0.15, 0.2) is 17.3 Å². The Hall–Kier alpha value is -1.55. The maximum Gasteiger partial charge on any atom is 0.176 e. The minimum Gasteiger partial charge on any atom is -0.493 e. The molecular weight excluding hydrogens is 230 g/mol. The minimum atomic E-state index is 0.0522. The third-order valence-corrected chi connectivity index (χ3v) is 2.99. The van der Waals surface area contributed by atoms with Gasteiger partial charge in [0, 0.05) is 5.56 Å². The Balaban J connectivity index is 2.11. The Morgan fingerprint density at radius 3 is 2.78 bits per heavy atom. The lowest BCUT2D eigenvalue weighted by Gasteiger charge is -2.11. The molecule has 1 aliphatic rings. The smallest absolute Gasteiger partial charge is 0.176 e. The predicted octanol–water partition coefficient (Wildman–Crippen LogP) is 1.89. The third-order valence-electron chi connectivity index (χ3n) is 2.99. The van der Waals surface area contributed by atoms with Crippen molar-refractivity contribution in [1.29, 1.82) is 0 Å². The van der Waals surface area contributed by atoms with Gasteiger partial charge >= 0.3 is 0 Å². The number of benzene rings is 1. The molecule has 4 nitrogen and oxygen atoms in total. The fraction of sp³-hybridized carbons (Fsp3) is 0.500. The number of carbonyl (C=O) groups is 1. The highest BCUT2D eigenvalue weighted by Gasteiger charge is 2.22. The summed E-state index contributed by atoms with van der Waals surface area (Å²) in [6, 6.07) is 5.31. The van der Waals surface area contributed by atoms with Gasteiger partial charge in [0.1, 0.15) is 0 Å². The van der Waals surface area contributed by atoms with Gasteiger partial charge in [0.05, 0.1) is 20.3 Å². The number of rotatable bonds is 7. The van der Waals surface area contributed by atoms with Gasteiger partial charge < -0.3 is 14.8 Å². The summed E-state index contributed by atoms with van der Waals surface area (Å²) in [6.45, 7) is 1.04. The molecule has 1 N–H and O–H groups in total. The van der Waals surface area contributed by atoms with E-state index >= 15 is 0 Å². The summed E-state index contributed by atoms with van der Waals surface area (Å²) in [6.07, 6.45) is 2.47. The lowest BCUT2D eigenvalue weighted by atomic mass is 10.1. The van der Waals surface area contributed by atoms with Crippen molar-refractivity contribution in [1.82, 2.24) is 5.32 Å². The molecule has 0 radical (unpaired) electrons. The van der Waals surface area contributed by atoms with Crippen LogP contribution in [0.2, 0.25) is 0 Å². The first-order chi connectivity index (χ1) is 8.74. The van der Waals surface area contributed by atoms with Crippen LogP contribution in [0, 0.1) is 5.92 Å². The van der Waals surface area contributed by atoms with Gasteiger partial charge in [-0.3, -0.25) is 4.79 Å². The first-order valence-corrected chi connectivity index (χ1v) is 6.23. The highest BCUT2D eigenvalue weighted by Crippen LogP contribution is 2.33. The van der Waals surface area contributed by atoms with Crippen molar-refractivity contribution in [3.63, 3.8) is 0 Å². The number of ketones is 1. The van der Waals surface area contributed by atoms with E-state index in [4.69, 9.17) is 9.47 Å². The van der Waals surface area contributed by atoms with E-state index in [1.54, 1.807) is 32.4 Å². The molecule has 1 fully saturated rings. The molecule has 2 rings (SSSR count). The highest BCUT2D eigenvalue weighted by molar-refractivity contribution is 5.98. The Morgan fingerprint density at radius 2 is 2.17 bits per heavy atom. The average Bonchev–Trinajstić information content (AvgIpc) is 3.20. The molecule has 1 saturated carbocycles. The van der Waals surface area contributed by atoms with Crippen molar-refractivity contribution in [2.24, 2.45) is 5.92 Å². The maximum atomic E-state index is 11.8. The quantitative estimate of drug-likeness (QED) is 0.750. The van der Waals surface area contributed by atoms with E-state index in [-0.39, 0.29) is 5.78 Å². The Kier molecular flexibility index (Phi) is 4.20. The van der Waals surface area contributed by atoms with Crippen LogP contribution in [0.1, 0.15) is 23.2 Å². The van der Waals surface area contributed by atoms with E-state index in [0.29, 0.717) is 36.1 Å². The van der Waals surface area contributed by atoms with Crippen LogP contribution >= 0.6 is 0 Å². The Morgan fingerprint density at radius 1 is 1.39 bits per heavy atom. The third kappa shape index (κ3) is 3.23. The summed E-state index contributed by atoms with van der Waals surface area (Å²) >= 11 is 0. The zero-order chi connectivity index (χ0) is 13.0. The van der Waals surface area contributed by atoms with Gasteiger partial charge in [-0.25, -0.2) is 0 Å². The highest BCUT2D eigenvalue weighted by atomic mass is 16.5. The number of nitrogens with one attached hydrogen (secondary N) is 1. The van der Waals surface area contributed by atoms with Crippen LogP contribution in [0.25, 0.3) is 0 Å². The van der Waals surface area contributed by atoms with Crippen LogP contribution < -0.4 is 14.8 Å². The number of carbonyl (C=O) groups excluding carboxylic acids is 1. The largest absolute Gasteiger partial charge is 0.493 e. The number of hydrogen-bond acceptors (Lipinski definition) is 4. The van der Waals surface area contributed by atoms with Crippen LogP contribution in [0.15, 0.2) is 18.2 Å². The van der Waals surface area contributed by atoms with E-state index < -0.39 is 0 Å². The molecule has 0 atom stereocenters. The van der Waals surface area contributed by atoms with Crippen LogP contribution in [0.5, 0.6) is 11.5 Å². The molecule has 1 aromatic carbocycles. The normalized spacial score (nSPS) is 14.3. The van der Waals surface area contributed by atoms with Crippen LogP contribution in [0.3, 0.4) is 0 Å². The zero-order valence-electron chi connectivity index (χ0n) is 10.9. The SMILES string of the molecule is CNCC(=O)c1ccc(OC)c(OCC2CC2)c1. The fourth-order valence-electron chi connectivity index (χ4n) is 1.72. The van der Waals surface area contributed by atoms with Crippen molar-refractivity contribution in [3.05, 3.63) is 23.8 Å². The summed E-state index contributed by atoms with van der Waals surface area (Å²) in [5.41, 5.74) is 0.649. The number of methoxy groups -OCH3 is 1. The Bertz CT molecular complexity index is 427. The molecule has 0 amide bonds. The summed E-state index contributed by atoms with van der Waals surface area (Å²) in [5.74, 6) is 2.06. The van der Waals surface area contributed by atoms with Crippen LogP contribution in [0.4, 0.5) is 0 Å². The number of hydrogen-bond donors (Lipinski definition) is 1. The van der Waals surface area contributed by atoms with Crippen LogP contribution in [-0.2, 0) is 0 Å². The van der Waals surface area contributed by atoms with Crippen LogP contribution in [-0.4, -0.2) is 33.1 Å². The number of likely N-dealkylation sites (N-methyl/N-ethyl adjacent to an activating group) is 1. The van der Waals surface area contributed by atoms with Crippen molar-refractivity contribution < 1.29 is 14.3 Å². The van der Waals surface area contributed by atoms with E-state index in [1.165, 1.54) is 12.8 Å². The van der Waals surface area contributed by atoms with E-state index in [1.807, 2.05) is 0 Å². The monoisotopic (exact) mass is 249 g/mol. The Labute approximate surface area is 107 Å². The lowest BCUT2D eigenvalue weighted by molar-refractivity contribution is 0.0993. The first kappa shape index (κ1) is 12.9. The standard InChI is InChI=1S/C14H19NO3/c1-15-8-12(16)11-5-6-13(17-2)14(7-11)18-9-10-3-4-10/h5-7,10,15H,3-4,8-9H2,1-2H3. The summed E-state index contributed by atoms with van der Waals surface area (Å²) < 4.78 is 11.0. The van der Waals surface area contributed by atoms with Crippen molar-refractivity contribution >= 4 is 5.78 Å². The molecule has 0 heterocycles. The minimum absolute atomic E-state index is 0.0522. The van der Waals surface area contributed by atoms with Gasteiger partial charge in [0.25, 0.3) is 0 Å².